The van der Waals surface area contributed by atoms with Gasteiger partial charge in [-0.15, -0.1) is 0 Å². The summed E-state index contributed by atoms with van der Waals surface area (Å²) in [6.07, 6.45) is 4.47. The molecule has 0 radical (unpaired) electrons. The fraction of sp³-hybridized carbons (Fsp3) is 0.556. The van der Waals surface area contributed by atoms with E-state index in [-0.39, 0.29) is 0 Å². The lowest BCUT2D eigenvalue weighted by atomic mass is 9.77. The molecule has 1 aliphatic carbocycles. The van der Waals surface area contributed by atoms with Crippen LogP contribution in [0.5, 0.6) is 0 Å². The quantitative estimate of drug-likeness (QED) is 0.528. The van der Waals surface area contributed by atoms with Gasteiger partial charge in [0.25, 0.3) is 0 Å². The minimum absolute atomic E-state index is 0.836. The molecule has 1 unspecified atom stereocenters. The highest BCUT2D eigenvalue weighted by Gasteiger charge is 2.20. The van der Waals surface area contributed by atoms with Crippen molar-refractivity contribution < 1.29 is 0 Å². The van der Waals surface area contributed by atoms with E-state index in [9.17, 15) is 0 Å². The lowest BCUT2D eigenvalue weighted by molar-refractivity contribution is 0.573. The first-order chi connectivity index (χ1) is 4.29. The zero-order valence-electron chi connectivity index (χ0n) is 6.28. The lowest BCUT2D eigenvalue weighted by Gasteiger charge is -2.28. The van der Waals surface area contributed by atoms with E-state index in [0.717, 1.165) is 5.92 Å². The topological polar surface area (TPSA) is 0 Å². The van der Waals surface area contributed by atoms with Crippen molar-refractivity contribution in [2.24, 2.45) is 5.92 Å². The number of allylic oxidation sites excluding steroid dienone is 3. The van der Waals surface area contributed by atoms with Crippen LogP contribution in [-0.2, 0) is 0 Å². The normalized spacial score (nSPS) is 25.8. The number of rotatable bonds is 2. The predicted octanol–water partition coefficient (Wildman–Crippen LogP) is 2.92. The minimum atomic E-state index is 0.836. The zero-order chi connectivity index (χ0) is 6.85. The molecule has 0 amide bonds. The molecule has 0 nitrogen and oxygen atoms in total. The van der Waals surface area contributed by atoms with Crippen molar-refractivity contribution in [1.82, 2.24) is 0 Å². The van der Waals surface area contributed by atoms with E-state index in [1.54, 1.807) is 5.57 Å². The average molecular weight is 122 g/mol. The molecule has 0 bridgehead atoms. The van der Waals surface area contributed by atoms with Gasteiger partial charge in [0.2, 0.25) is 0 Å². The van der Waals surface area contributed by atoms with Gasteiger partial charge in [-0.05, 0) is 24.3 Å². The highest BCUT2D eigenvalue weighted by Crippen LogP contribution is 2.36. The third-order valence-corrected chi connectivity index (χ3v) is 2.16. The lowest BCUT2D eigenvalue weighted by Crippen LogP contribution is -2.13. The Morgan fingerprint density at radius 3 is 2.67 bits per heavy atom. The molecular weight excluding hydrogens is 108 g/mol. The van der Waals surface area contributed by atoms with E-state index in [0.29, 0.717) is 0 Å². The summed E-state index contributed by atoms with van der Waals surface area (Å²) >= 11 is 0. The molecule has 50 valence electrons. The molecule has 0 aromatic heterocycles. The molecule has 9 heavy (non-hydrogen) atoms. The number of hydrogen-bond acceptors (Lipinski definition) is 0. The van der Waals surface area contributed by atoms with Gasteiger partial charge in [-0.3, -0.25) is 0 Å². The monoisotopic (exact) mass is 122 g/mol. The van der Waals surface area contributed by atoms with Crippen molar-refractivity contribution in [3.8, 4) is 0 Å². The van der Waals surface area contributed by atoms with Crippen LogP contribution in [0, 0.1) is 5.92 Å². The molecule has 0 spiro atoms. The second kappa shape index (κ2) is 2.38. The highest BCUT2D eigenvalue weighted by atomic mass is 14.3. The summed E-state index contributed by atoms with van der Waals surface area (Å²) in [5.41, 5.74) is 3.11. The minimum Gasteiger partial charge on any atom is -0.0988 e. The summed E-state index contributed by atoms with van der Waals surface area (Å²) in [7, 11) is 0. The van der Waals surface area contributed by atoms with Crippen LogP contribution >= 0.6 is 0 Å². The first-order valence-electron chi connectivity index (χ1n) is 3.64. The molecular formula is C9H14. The van der Waals surface area contributed by atoms with Gasteiger partial charge in [-0.1, -0.05) is 32.1 Å². The van der Waals surface area contributed by atoms with E-state index in [1.807, 2.05) is 6.08 Å². The molecule has 1 rings (SSSR count). The Morgan fingerprint density at radius 2 is 2.44 bits per heavy atom. The molecule has 0 N–H and O–H groups in total. The van der Waals surface area contributed by atoms with Crippen LogP contribution in [0.3, 0.4) is 0 Å². The summed E-state index contributed by atoms with van der Waals surface area (Å²) < 4.78 is 0. The third kappa shape index (κ3) is 0.937. The van der Waals surface area contributed by atoms with E-state index >= 15 is 0 Å². The smallest absolute Gasteiger partial charge is 0.0185 e. The molecule has 0 fully saturated rings. The summed E-state index contributed by atoms with van der Waals surface area (Å²) in [5, 5.41) is 0. The van der Waals surface area contributed by atoms with Crippen LogP contribution in [0.2, 0.25) is 0 Å². The predicted molar refractivity (Wildman–Crippen MR) is 41.3 cm³/mol. The number of hydrogen-bond donors (Lipinski definition) is 0. The standard InChI is InChI=1S/C9H14/c1-4-8-6-7(3)9(8)5-2/h4,7H,1,5-6H2,2-3H3. The summed E-state index contributed by atoms with van der Waals surface area (Å²) in [4.78, 5) is 0. The van der Waals surface area contributed by atoms with Crippen LogP contribution in [0.15, 0.2) is 23.8 Å². The Labute approximate surface area is 57.3 Å². The van der Waals surface area contributed by atoms with Gasteiger partial charge in [0.05, 0.1) is 0 Å². The van der Waals surface area contributed by atoms with E-state index < -0.39 is 0 Å². The van der Waals surface area contributed by atoms with Gasteiger partial charge in [-0.25, -0.2) is 0 Å². The summed E-state index contributed by atoms with van der Waals surface area (Å²) in [6, 6.07) is 0. The van der Waals surface area contributed by atoms with Gasteiger partial charge in [0.15, 0.2) is 0 Å². The van der Waals surface area contributed by atoms with Crippen LogP contribution < -0.4 is 0 Å². The van der Waals surface area contributed by atoms with Crippen LogP contribution in [-0.4, -0.2) is 0 Å². The Hall–Kier alpha value is -0.520. The summed E-state index contributed by atoms with van der Waals surface area (Å²) in [6.45, 7) is 8.26. The fourth-order valence-electron chi connectivity index (χ4n) is 1.56. The van der Waals surface area contributed by atoms with Crippen LogP contribution in [0.4, 0.5) is 0 Å². The van der Waals surface area contributed by atoms with Crippen molar-refractivity contribution in [2.45, 2.75) is 26.7 Å². The second-order valence-corrected chi connectivity index (χ2v) is 2.71. The van der Waals surface area contributed by atoms with Crippen molar-refractivity contribution in [1.29, 1.82) is 0 Å². The Balaban J connectivity index is 2.70. The molecule has 1 aliphatic rings. The Kier molecular flexibility index (Phi) is 1.75. The van der Waals surface area contributed by atoms with Gasteiger partial charge < -0.3 is 0 Å². The average Bonchev–Trinajstić information content (AvgIpc) is 1.83. The van der Waals surface area contributed by atoms with Crippen LogP contribution in [0.25, 0.3) is 0 Å². The van der Waals surface area contributed by atoms with E-state index in [4.69, 9.17) is 0 Å². The van der Waals surface area contributed by atoms with Crippen molar-refractivity contribution in [3.05, 3.63) is 23.8 Å². The van der Waals surface area contributed by atoms with Gasteiger partial charge >= 0.3 is 0 Å². The maximum absolute atomic E-state index is 3.76. The van der Waals surface area contributed by atoms with E-state index in [2.05, 4.69) is 20.4 Å². The highest BCUT2D eigenvalue weighted by molar-refractivity contribution is 5.34. The van der Waals surface area contributed by atoms with Crippen molar-refractivity contribution in [3.63, 3.8) is 0 Å². The Morgan fingerprint density at radius 1 is 1.78 bits per heavy atom. The first-order valence-corrected chi connectivity index (χ1v) is 3.64. The Bertz CT molecular complexity index is 151. The van der Waals surface area contributed by atoms with Gasteiger partial charge in [0.1, 0.15) is 0 Å². The van der Waals surface area contributed by atoms with Crippen LogP contribution in [0.1, 0.15) is 26.7 Å². The largest absolute Gasteiger partial charge is 0.0988 e. The maximum atomic E-state index is 3.76. The maximum Gasteiger partial charge on any atom is -0.0185 e. The first kappa shape index (κ1) is 6.60. The SMILES string of the molecule is C=CC1=C(CC)C(C)C1. The molecule has 0 heteroatoms. The van der Waals surface area contributed by atoms with Crippen molar-refractivity contribution >= 4 is 0 Å². The van der Waals surface area contributed by atoms with Gasteiger partial charge in [-0.2, -0.15) is 0 Å². The molecule has 0 aromatic carbocycles. The molecule has 0 saturated heterocycles. The third-order valence-electron chi connectivity index (χ3n) is 2.16. The fourth-order valence-corrected chi connectivity index (χ4v) is 1.56. The van der Waals surface area contributed by atoms with Crippen molar-refractivity contribution in [2.75, 3.05) is 0 Å². The molecule has 0 heterocycles. The van der Waals surface area contributed by atoms with E-state index in [1.165, 1.54) is 18.4 Å². The zero-order valence-corrected chi connectivity index (χ0v) is 6.28. The molecule has 0 aromatic rings. The molecule has 0 aliphatic heterocycles. The van der Waals surface area contributed by atoms with Gasteiger partial charge in [0, 0.05) is 0 Å². The summed E-state index contributed by atoms with van der Waals surface area (Å²) in [5.74, 6) is 0.836. The molecule has 1 atom stereocenters. The second-order valence-electron chi connectivity index (χ2n) is 2.71. The molecule has 0 saturated carbocycles.